The maximum Gasteiger partial charge on any atom is 0.410 e. The van der Waals surface area contributed by atoms with Crippen LogP contribution in [0, 0.1) is 0 Å². The molecule has 0 atom stereocenters. The van der Waals surface area contributed by atoms with Crippen molar-refractivity contribution in [3.05, 3.63) is 35.9 Å². The Hall–Kier alpha value is -2.09. The zero-order valence-corrected chi connectivity index (χ0v) is 19.1. The van der Waals surface area contributed by atoms with E-state index in [-0.39, 0.29) is 32.5 Å². The summed E-state index contributed by atoms with van der Waals surface area (Å²) in [6.07, 6.45) is -0.886. The molecule has 0 radical (unpaired) electrons. The Labute approximate surface area is 177 Å². The van der Waals surface area contributed by atoms with Crippen LogP contribution in [0.15, 0.2) is 30.3 Å². The molecule has 0 spiro atoms. The fourth-order valence-electron chi connectivity index (χ4n) is 3.23. The van der Waals surface area contributed by atoms with Crippen LogP contribution in [-0.4, -0.2) is 55.3 Å². The fourth-order valence-corrected chi connectivity index (χ4v) is 5.05. The summed E-state index contributed by atoms with van der Waals surface area (Å²) in [6, 6.07) is 9.21. The van der Waals surface area contributed by atoms with Gasteiger partial charge < -0.3 is 28.7 Å². The predicted molar refractivity (Wildman–Crippen MR) is 111 cm³/mol. The third-order valence-electron chi connectivity index (χ3n) is 4.79. The lowest BCUT2D eigenvalue weighted by atomic mass is 10.0. The van der Waals surface area contributed by atoms with E-state index < -0.39 is 30.7 Å². The molecule has 1 aliphatic rings. The number of nitrogens with one attached hydrogen (secondary N) is 1. The van der Waals surface area contributed by atoms with Crippen molar-refractivity contribution in [3.63, 3.8) is 0 Å². The molecule has 0 aliphatic carbocycles. The topological polar surface area (TPSA) is 103 Å². The van der Waals surface area contributed by atoms with Crippen molar-refractivity contribution in [2.45, 2.75) is 51.1 Å². The second-order valence-corrected chi connectivity index (χ2v) is 10.6. The van der Waals surface area contributed by atoms with Crippen LogP contribution >= 0.6 is 7.60 Å². The molecule has 30 heavy (non-hydrogen) atoms. The summed E-state index contributed by atoms with van der Waals surface area (Å²) in [5.74, 6) is 0. The van der Waals surface area contributed by atoms with Gasteiger partial charge in [0.25, 0.3) is 0 Å². The van der Waals surface area contributed by atoms with Gasteiger partial charge >= 0.3 is 19.8 Å². The highest BCUT2D eigenvalue weighted by atomic mass is 31.2. The van der Waals surface area contributed by atoms with E-state index >= 15 is 0 Å². The lowest BCUT2D eigenvalue weighted by Gasteiger charge is -2.43. The number of hydrogen-bond acceptors (Lipinski definition) is 7. The number of rotatable bonds is 6. The van der Waals surface area contributed by atoms with Gasteiger partial charge in [-0.15, -0.1) is 0 Å². The van der Waals surface area contributed by atoms with Gasteiger partial charge in [-0.1, -0.05) is 30.3 Å². The summed E-state index contributed by atoms with van der Waals surface area (Å²) < 4.78 is 34.4. The summed E-state index contributed by atoms with van der Waals surface area (Å²) in [6.45, 7) is 5.85. The van der Waals surface area contributed by atoms with Gasteiger partial charge in [0.15, 0.2) is 0 Å². The molecule has 2 rings (SSSR count). The number of carbonyl (C=O) groups excluding carboxylic acids is 2. The van der Waals surface area contributed by atoms with Gasteiger partial charge in [-0.25, -0.2) is 9.59 Å². The van der Waals surface area contributed by atoms with Crippen molar-refractivity contribution in [3.8, 4) is 0 Å². The molecule has 1 aromatic carbocycles. The van der Waals surface area contributed by atoms with Crippen molar-refractivity contribution in [1.82, 2.24) is 10.2 Å². The van der Waals surface area contributed by atoms with Crippen LogP contribution in [0.25, 0.3) is 0 Å². The Kier molecular flexibility index (Phi) is 7.91. The van der Waals surface area contributed by atoms with E-state index in [0.29, 0.717) is 0 Å². The number of likely N-dealkylation sites (tertiary alicyclic amines) is 1. The molecule has 9 nitrogen and oxygen atoms in total. The average Bonchev–Trinajstić information content (AvgIpc) is 2.71. The number of nitrogens with zero attached hydrogens (tertiary/aromatic N) is 1. The summed E-state index contributed by atoms with van der Waals surface area (Å²) in [5.41, 5.74) is 0.197. The smallest absolute Gasteiger partial charge is 0.410 e. The average molecular weight is 442 g/mol. The summed E-state index contributed by atoms with van der Waals surface area (Å²) in [4.78, 5) is 26.4. The minimum Gasteiger partial charge on any atom is -0.445 e. The van der Waals surface area contributed by atoms with E-state index in [1.807, 2.05) is 30.3 Å². The highest BCUT2D eigenvalue weighted by Gasteiger charge is 2.54. The van der Waals surface area contributed by atoms with Crippen LogP contribution in [0.4, 0.5) is 9.59 Å². The third-order valence-corrected chi connectivity index (χ3v) is 7.36. The molecule has 1 aliphatic heterocycles. The first kappa shape index (κ1) is 24.2. The first-order chi connectivity index (χ1) is 14.0. The number of piperidine rings is 1. The van der Waals surface area contributed by atoms with Gasteiger partial charge in [0.05, 0.1) is 0 Å². The molecule has 0 unspecified atom stereocenters. The van der Waals surface area contributed by atoms with Gasteiger partial charge in [-0.2, -0.15) is 0 Å². The number of carbonyl (C=O) groups is 2. The fraction of sp³-hybridized carbons (Fsp3) is 0.600. The zero-order chi connectivity index (χ0) is 22.4. The maximum absolute atomic E-state index is 13.3. The molecule has 10 heteroatoms. The second kappa shape index (κ2) is 9.81. The highest BCUT2D eigenvalue weighted by Crippen LogP contribution is 2.61. The van der Waals surface area contributed by atoms with Gasteiger partial charge in [-0.05, 0) is 26.3 Å². The van der Waals surface area contributed by atoms with E-state index in [2.05, 4.69) is 5.32 Å². The quantitative estimate of drug-likeness (QED) is 0.661. The van der Waals surface area contributed by atoms with Gasteiger partial charge in [0.1, 0.15) is 17.5 Å². The molecule has 0 bridgehead atoms. The zero-order valence-electron chi connectivity index (χ0n) is 18.2. The van der Waals surface area contributed by atoms with Crippen LogP contribution < -0.4 is 5.32 Å². The van der Waals surface area contributed by atoms with Crippen molar-refractivity contribution < 1.29 is 32.7 Å². The maximum atomic E-state index is 13.3. The monoisotopic (exact) mass is 442 g/mol. The molecule has 2 amide bonds. The molecule has 0 saturated carbocycles. The predicted octanol–water partition coefficient (Wildman–Crippen LogP) is 4.13. The lowest BCUT2D eigenvalue weighted by molar-refractivity contribution is 0.0169. The molecule has 168 valence electrons. The molecular formula is C20H31N2O7P. The van der Waals surface area contributed by atoms with Gasteiger partial charge in [0, 0.05) is 40.2 Å². The van der Waals surface area contributed by atoms with Crippen LogP contribution in [0.1, 0.15) is 39.2 Å². The van der Waals surface area contributed by atoms with Crippen LogP contribution in [0.5, 0.6) is 0 Å². The molecule has 0 aromatic heterocycles. The Bertz CT molecular complexity index is 763. The van der Waals surface area contributed by atoms with Gasteiger partial charge in [-0.3, -0.25) is 4.57 Å². The van der Waals surface area contributed by atoms with Crippen molar-refractivity contribution in [2.24, 2.45) is 0 Å². The molecular weight excluding hydrogens is 411 g/mol. The summed E-state index contributed by atoms with van der Waals surface area (Å²) >= 11 is 0. The summed E-state index contributed by atoms with van der Waals surface area (Å²) in [5, 5.41) is 1.38. The van der Waals surface area contributed by atoms with Crippen molar-refractivity contribution in [2.75, 3.05) is 27.3 Å². The van der Waals surface area contributed by atoms with E-state index in [4.69, 9.17) is 18.5 Å². The number of ether oxygens (including phenoxy) is 2. The number of amides is 2. The van der Waals surface area contributed by atoms with Gasteiger partial charge in [0.2, 0.25) is 0 Å². The SMILES string of the molecule is COP(=O)(OC)C1(NC(=O)OCc2ccccc2)CCN(C(=O)OC(C)(C)C)CC1. The molecule has 1 fully saturated rings. The number of alkyl carbamates (subject to hydrolysis) is 1. The van der Waals surface area contributed by atoms with E-state index in [1.54, 1.807) is 20.8 Å². The Morgan fingerprint density at radius 3 is 2.17 bits per heavy atom. The molecule has 1 heterocycles. The standard InChI is InChI=1S/C20H31N2O7P/c1-19(2,3)29-18(24)22-13-11-20(12-14-22,30(25,26-4)27-5)21-17(23)28-15-16-9-7-6-8-10-16/h6-10H,11-15H2,1-5H3,(H,21,23). The van der Waals surface area contributed by atoms with Crippen molar-refractivity contribution in [1.29, 1.82) is 0 Å². The molecule has 1 saturated heterocycles. The normalized spacial score (nSPS) is 16.6. The Balaban J connectivity index is 2.09. The highest BCUT2D eigenvalue weighted by molar-refractivity contribution is 7.55. The lowest BCUT2D eigenvalue weighted by Crippen LogP contribution is -2.56. The minimum absolute atomic E-state index is 0.0665. The Morgan fingerprint density at radius 2 is 1.67 bits per heavy atom. The minimum atomic E-state index is -3.73. The number of benzene rings is 1. The van der Waals surface area contributed by atoms with Crippen molar-refractivity contribution >= 4 is 19.8 Å². The second-order valence-electron chi connectivity index (χ2n) is 8.05. The molecule has 1 N–H and O–H groups in total. The van der Waals surface area contributed by atoms with E-state index in [9.17, 15) is 14.2 Å². The Morgan fingerprint density at radius 1 is 1.10 bits per heavy atom. The van der Waals surface area contributed by atoms with Crippen LogP contribution in [-0.2, 0) is 29.7 Å². The van der Waals surface area contributed by atoms with Crippen LogP contribution in [0.3, 0.4) is 0 Å². The third kappa shape index (κ3) is 5.97. The van der Waals surface area contributed by atoms with E-state index in [0.717, 1.165) is 5.56 Å². The first-order valence-corrected chi connectivity index (χ1v) is 11.3. The largest absolute Gasteiger partial charge is 0.445 e. The first-order valence-electron chi connectivity index (χ1n) is 9.72. The number of hydrogen-bond donors (Lipinski definition) is 1. The van der Waals surface area contributed by atoms with Crippen LogP contribution in [0.2, 0.25) is 0 Å². The molecule has 1 aromatic rings. The van der Waals surface area contributed by atoms with E-state index in [1.165, 1.54) is 19.1 Å². The summed E-state index contributed by atoms with van der Waals surface area (Å²) in [7, 11) is -1.19.